The van der Waals surface area contributed by atoms with E-state index >= 15 is 0 Å². The summed E-state index contributed by atoms with van der Waals surface area (Å²) in [5.41, 5.74) is 7.81. The highest BCUT2D eigenvalue weighted by molar-refractivity contribution is 7.99. The number of rotatable bonds is 5. The molecule has 17 heavy (non-hydrogen) atoms. The lowest BCUT2D eigenvalue weighted by Gasteiger charge is -2.11. The third kappa shape index (κ3) is 4.30. The molecule has 0 amide bonds. The molecule has 0 saturated heterocycles. The van der Waals surface area contributed by atoms with E-state index in [1.54, 1.807) is 11.8 Å². The molecule has 1 aromatic carbocycles. The van der Waals surface area contributed by atoms with Crippen LogP contribution in [-0.4, -0.2) is 18.3 Å². The molecule has 94 valence electrons. The van der Waals surface area contributed by atoms with Crippen LogP contribution in [-0.2, 0) is 9.53 Å². The Morgan fingerprint density at radius 3 is 2.88 bits per heavy atom. The van der Waals surface area contributed by atoms with E-state index in [-0.39, 0.29) is 11.9 Å². The SMILES string of the molecule is CCOC(=O)C(C)CSc1cc(C)ccc1N. The third-order valence-electron chi connectivity index (χ3n) is 2.35. The summed E-state index contributed by atoms with van der Waals surface area (Å²) in [6.07, 6.45) is 0. The first-order valence-corrected chi connectivity index (χ1v) is 6.68. The number of carbonyl (C=O) groups is 1. The largest absolute Gasteiger partial charge is 0.466 e. The molecule has 0 fully saturated rings. The summed E-state index contributed by atoms with van der Waals surface area (Å²) in [6.45, 7) is 6.14. The van der Waals surface area contributed by atoms with Crippen molar-refractivity contribution in [2.24, 2.45) is 5.92 Å². The van der Waals surface area contributed by atoms with Crippen LogP contribution in [0.3, 0.4) is 0 Å². The van der Waals surface area contributed by atoms with Crippen molar-refractivity contribution in [3.63, 3.8) is 0 Å². The number of nitrogens with two attached hydrogens (primary N) is 1. The lowest BCUT2D eigenvalue weighted by atomic mass is 10.2. The quantitative estimate of drug-likeness (QED) is 0.498. The molecule has 3 nitrogen and oxygen atoms in total. The van der Waals surface area contributed by atoms with Crippen molar-refractivity contribution in [2.45, 2.75) is 25.7 Å². The summed E-state index contributed by atoms with van der Waals surface area (Å²) >= 11 is 1.60. The Labute approximate surface area is 107 Å². The molecule has 0 aliphatic heterocycles. The van der Waals surface area contributed by atoms with E-state index in [1.165, 1.54) is 5.56 Å². The standard InChI is InChI=1S/C13H19NO2S/c1-4-16-13(15)10(3)8-17-12-7-9(2)5-6-11(12)14/h5-7,10H,4,8,14H2,1-3H3. The first-order valence-electron chi connectivity index (χ1n) is 5.70. The Morgan fingerprint density at radius 2 is 2.24 bits per heavy atom. The highest BCUT2D eigenvalue weighted by Gasteiger charge is 2.14. The molecule has 0 saturated carbocycles. The highest BCUT2D eigenvalue weighted by Crippen LogP contribution is 2.27. The maximum Gasteiger partial charge on any atom is 0.309 e. The fourth-order valence-corrected chi connectivity index (χ4v) is 2.40. The predicted octanol–water partition coefficient (Wildman–Crippen LogP) is 2.87. The Morgan fingerprint density at radius 1 is 1.53 bits per heavy atom. The lowest BCUT2D eigenvalue weighted by molar-refractivity contribution is -0.146. The monoisotopic (exact) mass is 253 g/mol. The number of benzene rings is 1. The van der Waals surface area contributed by atoms with Gasteiger partial charge in [-0.25, -0.2) is 0 Å². The summed E-state index contributed by atoms with van der Waals surface area (Å²) in [6, 6.07) is 5.92. The summed E-state index contributed by atoms with van der Waals surface area (Å²) in [5.74, 6) is 0.429. The molecule has 1 rings (SSSR count). The number of thioether (sulfide) groups is 1. The van der Waals surface area contributed by atoms with Crippen LogP contribution in [0.4, 0.5) is 5.69 Å². The van der Waals surface area contributed by atoms with Crippen molar-refractivity contribution in [3.05, 3.63) is 23.8 Å². The highest BCUT2D eigenvalue weighted by atomic mass is 32.2. The average Bonchev–Trinajstić information content (AvgIpc) is 2.30. The van der Waals surface area contributed by atoms with Crippen LogP contribution in [0.2, 0.25) is 0 Å². The minimum Gasteiger partial charge on any atom is -0.466 e. The van der Waals surface area contributed by atoms with E-state index in [0.717, 1.165) is 10.6 Å². The maximum atomic E-state index is 11.4. The molecular formula is C13H19NO2S. The number of hydrogen-bond donors (Lipinski definition) is 1. The van der Waals surface area contributed by atoms with Gasteiger partial charge in [0.1, 0.15) is 0 Å². The number of ether oxygens (including phenoxy) is 1. The van der Waals surface area contributed by atoms with Gasteiger partial charge in [-0.3, -0.25) is 4.79 Å². The molecule has 0 spiro atoms. The van der Waals surface area contributed by atoms with Gasteiger partial charge in [-0.15, -0.1) is 11.8 Å². The summed E-state index contributed by atoms with van der Waals surface area (Å²) in [4.78, 5) is 12.5. The van der Waals surface area contributed by atoms with E-state index in [4.69, 9.17) is 10.5 Å². The van der Waals surface area contributed by atoms with Crippen molar-refractivity contribution in [1.82, 2.24) is 0 Å². The van der Waals surface area contributed by atoms with E-state index in [0.29, 0.717) is 12.4 Å². The molecule has 1 unspecified atom stereocenters. The molecule has 1 atom stereocenters. The number of anilines is 1. The van der Waals surface area contributed by atoms with E-state index in [9.17, 15) is 4.79 Å². The second-order valence-electron chi connectivity index (χ2n) is 4.01. The summed E-state index contributed by atoms with van der Waals surface area (Å²) < 4.78 is 4.96. The topological polar surface area (TPSA) is 52.3 Å². The molecule has 4 heteroatoms. The first kappa shape index (κ1) is 13.9. The molecular weight excluding hydrogens is 234 g/mol. The van der Waals surface area contributed by atoms with Gasteiger partial charge in [0.25, 0.3) is 0 Å². The number of aryl methyl sites for hydroxylation is 1. The van der Waals surface area contributed by atoms with Crippen molar-refractivity contribution in [2.75, 3.05) is 18.1 Å². The Bertz CT molecular complexity index is 393. The number of nitrogen functional groups attached to an aromatic ring is 1. The Balaban J connectivity index is 2.55. The summed E-state index contributed by atoms with van der Waals surface area (Å²) in [5, 5.41) is 0. The van der Waals surface area contributed by atoms with Crippen LogP contribution >= 0.6 is 11.8 Å². The van der Waals surface area contributed by atoms with Gasteiger partial charge in [0.05, 0.1) is 12.5 Å². The van der Waals surface area contributed by atoms with Gasteiger partial charge in [0, 0.05) is 16.3 Å². The van der Waals surface area contributed by atoms with Crippen molar-refractivity contribution < 1.29 is 9.53 Å². The first-order chi connectivity index (χ1) is 8.04. The van der Waals surface area contributed by atoms with Crippen molar-refractivity contribution >= 4 is 23.4 Å². The van der Waals surface area contributed by atoms with Gasteiger partial charge in [-0.2, -0.15) is 0 Å². The number of hydrogen-bond acceptors (Lipinski definition) is 4. The van der Waals surface area contributed by atoms with E-state index in [2.05, 4.69) is 0 Å². The lowest BCUT2D eigenvalue weighted by Crippen LogP contribution is -2.16. The van der Waals surface area contributed by atoms with Crippen molar-refractivity contribution in [1.29, 1.82) is 0 Å². The second-order valence-corrected chi connectivity index (χ2v) is 5.07. The summed E-state index contributed by atoms with van der Waals surface area (Å²) in [7, 11) is 0. The van der Waals surface area contributed by atoms with Crippen LogP contribution < -0.4 is 5.73 Å². The zero-order valence-electron chi connectivity index (χ0n) is 10.5. The normalized spacial score (nSPS) is 12.2. The predicted molar refractivity (Wildman–Crippen MR) is 72.1 cm³/mol. The zero-order chi connectivity index (χ0) is 12.8. The van der Waals surface area contributed by atoms with Crippen LogP contribution in [0.1, 0.15) is 19.4 Å². The van der Waals surface area contributed by atoms with E-state index in [1.807, 2.05) is 39.0 Å². The van der Waals surface area contributed by atoms with Crippen LogP contribution in [0.25, 0.3) is 0 Å². The molecule has 2 N–H and O–H groups in total. The Hall–Kier alpha value is -1.16. The Kier molecular flexibility index (Phi) is 5.35. The van der Waals surface area contributed by atoms with Crippen LogP contribution in [0.15, 0.2) is 23.1 Å². The van der Waals surface area contributed by atoms with Gasteiger partial charge in [0.15, 0.2) is 0 Å². The maximum absolute atomic E-state index is 11.4. The third-order valence-corrected chi connectivity index (χ3v) is 3.68. The molecule has 0 bridgehead atoms. The van der Waals surface area contributed by atoms with Gasteiger partial charge in [-0.05, 0) is 31.5 Å². The molecule has 0 aliphatic carbocycles. The van der Waals surface area contributed by atoms with Crippen LogP contribution in [0, 0.1) is 12.8 Å². The van der Waals surface area contributed by atoms with Gasteiger partial charge in [-0.1, -0.05) is 13.0 Å². The minimum absolute atomic E-state index is 0.111. The number of carbonyl (C=O) groups excluding carboxylic acids is 1. The zero-order valence-corrected chi connectivity index (χ0v) is 11.3. The molecule has 1 aromatic rings. The fourth-order valence-electron chi connectivity index (χ4n) is 1.33. The van der Waals surface area contributed by atoms with Gasteiger partial charge >= 0.3 is 5.97 Å². The van der Waals surface area contributed by atoms with Crippen LogP contribution in [0.5, 0.6) is 0 Å². The van der Waals surface area contributed by atoms with Gasteiger partial charge < -0.3 is 10.5 Å². The second kappa shape index (κ2) is 6.55. The minimum atomic E-state index is -0.147. The molecule has 0 radical (unpaired) electrons. The van der Waals surface area contributed by atoms with Crippen molar-refractivity contribution in [3.8, 4) is 0 Å². The average molecular weight is 253 g/mol. The fraction of sp³-hybridized carbons (Fsp3) is 0.462. The number of esters is 1. The van der Waals surface area contributed by atoms with Gasteiger partial charge in [0.2, 0.25) is 0 Å². The van der Waals surface area contributed by atoms with E-state index < -0.39 is 0 Å². The molecule has 0 heterocycles. The molecule has 0 aromatic heterocycles. The molecule has 0 aliphatic rings. The smallest absolute Gasteiger partial charge is 0.309 e.